The fraction of sp³-hybridized carbons (Fsp3) is 0.556. The van der Waals surface area contributed by atoms with E-state index in [9.17, 15) is 29.4 Å². The first kappa shape index (κ1) is 30.8. The molecule has 6 atom stereocenters. The van der Waals surface area contributed by atoms with Gasteiger partial charge in [0.1, 0.15) is 18.1 Å². The van der Waals surface area contributed by atoms with Gasteiger partial charge in [-0.05, 0) is 36.8 Å². The molecule has 0 radical (unpaired) electrons. The molecule has 1 heterocycles. The number of carboxylic acid groups (broad SMARTS) is 1. The average molecular weight is 532 g/mol. The SMILES string of the molecule is CCC(C)C(NC(=O)C(N)CC(C)C)C(=O)NC(C(=O)NC(Cc1c[nH]c2ccccc12)C(=O)O)C(C)O. The van der Waals surface area contributed by atoms with E-state index in [4.69, 9.17) is 5.73 Å². The molecule has 6 unspecified atom stereocenters. The normalized spacial score (nSPS) is 16.2. The maximum Gasteiger partial charge on any atom is 0.326 e. The zero-order chi connectivity index (χ0) is 28.6. The first-order chi connectivity index (χ1) is 17.8. The number of fused-ring (bicyclic) bond motifs is 1. The fourth-order valence-corrected chi connectivity index (χ4v) is 4.21. The predicted octanol–water partition coefficient (Wildman–Crippen LogP) is 1.05. The topological polar surface area (TPSA) is 187 Å². The number of carboxylic acids is 1. The van der Waals surface area contributed by atoms with Gasteiger partial charge >= 0.3 is 5.97 Å². The molecule has 0 saturated carbocycles. The first-order valence-electron chi connectivity index (χ1n) is 13.0. The molecular formula is C27H41N5O6. The van der Waals surface area contributed by atoms with E-state index in [1.54, 1.807) is 13.1 Å². The van der Waals surface area contributed by atoms with Crippen LogP contribution in [0.25, 0.3) is 10.9 Å². The number of benzene rings is 1. The molecule has 8 N–H and O–H groups in total. The molecule has 3 amide bonds. The first-order valence-corrected chi connectivity index (χ1v) is 13.0. The molecule has 2 rings (SSSR count). The van der Waals surface area contributed by atoms with Crippen LogP contribution in [0.4, 0.5) is 0 Å². The number of rotatable bonds is 14. The second kappa shape index (κ2) is 13.9. The number of carbonyl (C=O) groups is 4. The Hall–Kier alpha value is -3.44. The van der Waals surface area contributed by atoms with Crippen LogP contribution < -0.4 is 21.7 Å². The van der Waals surface area contributed by atoms with Gasteiger partial charge in [0.25, 0.3) is 0 Å². The molecule has 0 aliphatic rings. The number of nitrogens with two attached hydrogens (primary N) is 1. The largest absolute Gasteiger partial charge is 0.480 e. The van der Waals surface area contributed by atoms with Crippen molar-refractivity contribution in [1.82, 2.24) is 20.9 Å². The molecule has 0 saturated heterocycles. The van der Waals surface area contributed by atoms with Crippen LogP contribution in [-0.4, -0.2) is 69.2 Å². The molecule has 210 valence electrons. The number of carbonyl (C=O) groups excluding carboxylic acids is 3. The number of aromatic nitrogens is 1. The van der Waals surface area contributed by atoms with Gasteiger partial charge in [-0.15, -0.1) is 0 Å². The predicted molar refractivity (Wildman–Crippen MR) is 144 cm³/mol. The van der Waals surface area contributed by atoms with E-state index in [0.29, 0.717) is 18.4 Å². The summed E-state index contributed by atoms with van der Waals surface area (Å²) in [4.78, 5) is 53.9. The van der Waals surface area contributed by atoms with Crippen LogP contribution in [0.15, 0.2) is 30.5 Å². The smallest absolute Gasteiger partial charge is 0.326 e. The van der Waals surface area contributed by atoms with E-state index in [-0.39, 0.29) is 18.3 Å². The highest BCUT2D eigenvalue weighted by molar-refractivity contribution is 5.94. The van der Waals surface area contributed by atoms with Crippen LogP contribution in [-0.2, 0) is 25.6 Å². The second-order valence-electron chi connectivity index (χ2n) is 10.3. The van der Waals surface area contributed by atoms with Crippen molar-refractivity contribution in [3.8, 4) is 0 Å². The number of aliphatic carboxylic acids is 1. The lowest BCUT2D eigenvalue weighted by molar-refractivity contribution is -0.143. The van der Waals surface area contributed by atoms with Crippen molar-refractivity contribution in [3.05, 3.63) is 36.0 Å². The van der Waals surface area contributed by atoms with Crippen LogP contribution in [0.5, 0.6) is 0 Å². The second-order valence-corrected chi connectivity index (χ2v) is 10.3. The zero-order valence-electron chi connectivity index (χ0n) is 22.7. The van der Waals surface area contributed by atoms with Gasteiger partial charge < -0.3 is 36.9 Å². The number of H-pyrrole nitrogens is 1. The van der Waals surface area contributed by atoms with Crippen molar-refractivity contribution in [3.63, 3.8) is 0 Å². The van der Waals surface area contributed by atoms with Crippen LogP contribution in [0.2, 0.25) is 0 Å². The van der Waals surface area contributed by atoms with Crippen LogP contribution >= 0.6 is 0 Å². The van der Waals surface area contributed by atoms with Gasteiger partial charge in [0.15, 0.2) is 0 Å². The summed E-state index contributed by atoms with van der Waals surface area (Å²) in [6.45, 7) is 8.81. The highest BCUT2D eigenvalue weighted by atomic mass is 16.4. The van der Waals surface area contributed by atoms with Crippen molar-refractivity contribution < 1.29 is 29.4 Å². The molecule has 0 bridgehead atoms. The molecule has 11 nitrogen and oxygen atoms in total. The summed E-state index contributed by atoms with van der Waals surface area (Å²) < 4.78 is 0. The Labute approximate surface area is 222 Å². The fourth-order valence-electron chi connectivity index (χ4n) is 4.21. The van der Waals surface area contributed by atoms with Gasteiger partial charge in [-0.1, -0.05) is 52.3 Å². The third kappa shape index (κ3) is 8.29. The Balaban J connectivity index is 2.16. The van der Waals surface area contributed by atoms with Crippen LogP contribution in [0.1, 0.15) is 53.0 Å². The van der Waals surface area contributed by atoms with Gasteiger partial charge in [0.2, 0.25) is 17.7 Å². The minimum atomic E-state index is -1.44. The summed E-state index contributed by atoms with van der Waals surface area (Å²) in [6, 6.07) is 2.83. The summed E-state index contributed by atoms with van der Waals surface area (Å²) in [5, 5.41) is 28.5. The number of para-hydroxylation sites is 1. The van der Waals surface area contributed by atoms with E-state index >= 15 is 0 Å². The van der Waals surface area contributed by atoms with Crippen LogP contribution in [0.3, 0.4) is 0 Å². The average Bonchev–Trinajstić information content (AvgIpc) is 3.26. The number of hydrogen-bond donors (Lipinski definition) is 7. The molecule has 0 spiro atoms. The number of aliphatic hydroxyl groups excluding tert-OH is 1. The van der Waals surface area contributed by atoms with Gasteiger partial charge in [-0.25, -0.2) is 4.79 Å². The van der Waals surface area contributed by atoms with Gasteiger partial charge in [0.05, 0.1) is 12.1 Å². The molecule has 1 aromatic carbocycles. The van der Waals surface area contributed by atoms with E-state index in [1.807, 2.05) is 45.0 Å². The number of amides is 3. The van der Waals surface area contributed by atoms with E-state index < -0.39 is 54.0 Å². The summed E-state index contributed by atoms with van der Waals surface area (Å²) in [5.41, 5.74) is 7.50. The van der Waals surface area contributed by atoms with Gasteiger partial charge in [-0.3, -0.25) is 14.4 Å². The van der Waals surface area contributed by atoms with Gasteiger partial charge in [-0.2, -0.15) is 0 Å². The van der Waals surface area contributed by atoms with Crippen molar-refractivity contribution >= 4 is 34.6 Å². The quantitative estimate of drug-likeness (QED) is 0.190. The molecule has 0 aliphatic carbocycles. The molecule has 0 fully saturated rings. The Morgan fingerprint density at radius 1 is 0.947 bits per heavy atom. The number of aliphatic hydroxyl groups is 1. The Kier molecular flexibility index (Phi) is 11.3. The molecule has 11 heteroatoms. The standard InChI is InChI=1S/C27H41N5O6/c1-6-15(4)22(31-24(34)19(28)11-14(2)3)25(35)32-23(16(5)33)26(36)30-21(27(37)38)12-17-13-29-20-10-8-7-9-18(17)20/h7-10,13-16,19,21-23,29,33H,6,11-12,28H2,1-5H3,(H,30,36)(H,31,34)(H,32,35)(H,37,38). The van der Waals surface area contributed by atoms with Crippen molar-refractivity contribution in [2.24, 2.45) is 17.6 Å². The maximum atomic E-state index is 13.2. The Morgan fingerprint density at radius 3 is 2.13 bits per heavy atom. The molecule has 0 aliphatic heterocycles. The highest BCUT2D eigenvalue weighted by Crippen LogP contribution is 2.19. The van der Waals surface area contributed by atoms with Gasteiger partial charge in [0, 0.05) is 23.5 Å². The van der Waals surface area contributed by atoms with Crippen molar-refractivity contribution in [1.29, 1.82) is 0 Å². The third-order valence-corrected chi connectivity index (χ3v) is 6.63. The third-order valence-electron chi connectivity index (χ3n) is 6.63. The summed E-state index contributed by atoms with van der Waals surface area (Å²) in [6.07, 6.45) is 1.33. The number of aromatic amines is 1. The van der Waals surface area contributed by atoms with Crippen molar-refractivity contribution in [2.75, 3.05) is 0 Å². The molecule has 1 aromatic heterocycles. The molecule has 38 heavy (non-hydrogen) atoms. The van der Waals surface area contributed by atoms with E-state index in [1.165, 1.54) is 6.92 Å². The highest BCUT2D eigenvalue weighted by Gasteiger charge is 2.34. The monoisotopic (exact) mass is 531 g/mol. The minimum Gasteiger partial charge on any atom is -0.480 e. The Bertz CT molecular complexity index is 1110. The molecule has 2 aromatic rings. The summed E-state index contributed by atoms with van der Waals surface area (Å²) in [5.74, 6) is -3.39. The Morgan fingerprint density at radius 2 is 1.55 bits per heavy atom. The lowest BCUT2D eigenvalue weighted by Crippen LogP contribution is -2.61. The zero-order valence-corrected chi connectivity index (χ0v) is 22.7. The maximum absolute atomic E-state index is 13.2. The minimum absolute atomic E-state index is 0.00907. The van der Waals surface area contributed by atoms with E-state index in [0.717, 1.165) is 10.9 Å². The summed E-state index contributed by atoms with van der Waals surface area (Å²) in [7, 11) is 0. The van der Waals surface area contributed by atoms with Crippen molar-refractivity contribution in [2.45, 2.75) is 84.2 Å². The lowest BCUT2D eigenvalue weighted by Gasteiger charge is -2.29. The molecular weight excluding hydrogens is 490 g/mol. The lowest BCUT2D eigenvalue weighted by atomic mass is 9.96. The number of nitrogens with one attached hydrogen (secondary N) is 4. The summed E-state index contributed by atoms with van der Waals surface area (Å²) >= 11 is 0. The number of hydrogen-bond acceptors (Lipinski definition) is 6. The van der Waals surface area contributed by atoms with Crippen LogP contribution in [0, 0.1) is 11.8 Å². The van der Waals surface area contributed by atoms with E-state index in [2.05, 4.69) is 20.9 Å².